The Morgan fingerprint density at radius 2 is 1.83 bits per heavy atom. The summed E-state index contributed by atoms with van der Waals surface area (Å²) in [6, 6.07) is 14.8. The van der Waals surface area contributed by atoms with Gasteiger partial charge in [-0.3, -0.25) is 14.9 Å². The summed E-state index contributed by atoms with van der Waals surface area (Å²) in [4.78, 5) is 23.2. The fourth-order valence-electron chi connectivity index (χ4n) is 2.06. The lowest BCUT2D eigenvalue weighted by atomic mass is 10.2. The maximum Gasteiger partial charge on any atom is 0.290 e. The normalized spacial score (nSPS) is 15.8. The Morgan fingerprint density at radius 3 is 2.57 bits per heavy atom. The molecular weight excluding hydrogens is 334 g/mol. The van der Waals surface area contributed by atoms with Gasteiger partial charge >= 0.3 is 0 Å². The van der Waals surface area contributed by atoms with Crippen molar-refractivity contribution in [2.45, 2.75) is 6.61 Å². The Labute approximate surface area is 142 Å². The Hall–Kier alpha value is -2.24. The van der Waals surface area contributed by atoms with Gasteiger partial charge < -0.3 is 4.74 Å². The lowest BCUT2D eigenvalue weighted by molar-refractivity contribution is -0.115. The molecule has 2 amide bonds. The summed E-state index contributed by atoms with van der Waals surface area (Å²) in [5.41, 5.74) is 1.60. The van der Waals surface area contributed by atoms with Crippen molar-refractivity contribution in [2.75, 3.05) is 0 Å². The topological polar surface area (TPSA) is 55.4 Å². The van der Waals surface area contributed by atoms with Crippen LogP contribution in [0.15, 0.2) is 53.4 Å². The molecule has 1 N–H and O–H groups in total. The molecule has 0 atom stereocenters. The van der Waals surface area contributed by atoms with Crippen molar-refractivity contribution >= 4 is 40.6 Å². The van der Waals surface area contributed by atoms with Gasteiger partial charge in [0.15, 0.2) is 0 Å². The monoisotopic (exact) mass is 345 g/mol. The largest absolute Gasteiger partial charge is 0.488 e. The van der Waals surface area contributed by atoms with Crippen molar-refractivity contribution in [3.05, 3.63) is 69.6 Å². The minimum Gasteiger partial charge on any atom is -0.488 e. The quantitative estimate of drug-likeness (QED) is 0.842. The van der Waals surface area contributed by atoms with E-state index < -0.39 is 0 Å². The molecule has 0 unspecified atom stereocenters. The molecule has 0 bridgehead atoms. The number of para-hydroxylation sites is 1. The van der Waals surface area contributed by atoms with Crippen LogP contribution in [0.3, 0.4) is 0 Å². The molecule has 2 aromatic carbocycles. The van der Waals surface area contributed by atoms with E-state index in [0.717, 1.165) is 22.9 Å². The van der Waals surface area contributed by atoms with Crippen LogP contribution in [-0.4, -0.2) is 11.1 Å². The first-order valence-corrected chi connectivity index (χ1v) is 8.03. The molecule has 0 aromatic heterocycles. The third-order valence-corrected chi connectivity index (χ3v) is 4.37. The van der Waals surface area contributed by atoms with Gasteiger partial charge in [-0.05, 0) is 30.0 Å². The molecule has 6 heteroatoms. The minimum atomic E-state index is -0.388. The van der Waals surface area contributed by atoms with Crippen LogP contribution >= 0.6 is 23.4 Å². The number of halogens is 1. The van der Waals surface area contributed by atoms with Gasteiger partial charge in [0.25, 0.3) is 11.1 Å². The van der Waals surface area contributed by atoms with Crippen LogP contribution in [-0.2, 0) is 11.4 Å². The highest BCUT2D eigenvalue weighted by Gasteiger charge is 2.25. The first-order chi connectivity index (χ1) is 11.1. The zero-order valence-corrected chi connectivity index (χ0v) is 13.5. The molecule has 1 aliphatic rings. The van der Waals surface area contributed by atoms with E-state index in [2.05, 4.69) is 5.32 Å². The van der Waals surface area contributed by atoms with Crippen molar-refractivity contribution in [2.24, 2.45) is 0 Å². The van der Waals surface area contributed by atoms with Crippen LogP contribution in [0.1, 0.15) is 11.1 Å². The van der Waals surface area contributed by atoms with E-state index in [-0.39, 0.29) is 11.1 Å². The molecule has 1 fully saturated rings. The average Bonchev–Trinajstić information content (AvgIpc) is 2.85. The molecule has 4 nitrogen and oxygen atoms in total. The van der Waals surface area contributed by atoms with Crippen molar-refractivity contribution in [3.63, 3.8) is 0 Å². The van der Waals surface area contributed by atoms with Gasteiger partial charge in [-0.25, -0.2) is 0 Å². The molecule has 23 heavy (non-hydrogen) atoms. The van der Waals surface area contributed by atoms with Gasteiger partial charge in [-0.2, -0.15) is 0 Å². The van der Waals surface area contributed by atoms with Crippen LogP contribution in [0.5, 0.6) is 5.75 Å². The number of benzene rings is 2. The fourth-order valence-corrected chi connectivity index (χ4v) is 2.93. The lowest BCUT2D eigenvalue weighted by Gasteiger charge is -2.10. The van der Waals surface area contributed by atoms with Crippen molar-refractivity contribution in [1.29, 1.82) is 0 Å². The van der Waals surface area contributed by atoms with E-state index >= 15 is 0 Å². The van der Waals surface area contributed by atoms with Crippen LogP contribution in [0.4, 0.5) is 4.79 Å². The molecule has 0 radical (unpaired) electrons. The van der Waals surface area contributed by atoms with Gasteiger partial charge in [-0.1, -0.05) is 48.0 Å². The van der Waals surface area contributed by atoms with E-state index in [9.17, 15) is 9.59 Å². The number of imide groups is 1. The minimum absolute atomic E-state index is 0.318. The molecule has 1 aliphatic heterocycles. The Balaban J connectivity index is 1.81. The van der Waals surface area contributed by atoms with Gasteiger partial charge in [0.05, 0.1) is 4.91 Å². The van der Waals surface area contributed by atoms with Gasteiger partial charge in [0.2, 0.25) is 0 Å². The average molecular weight is 346 g/mol. The molecule has 0 spiro atoms. The van der Waals surface area contributed by atoms with Crippen LogP contribution in [0.25, 0.3) is 6.08 Å². The summed E-state index contributed by atoms with van der Waals surface area (Å²) in [5.74, 6) is 0.230. The zero-order chi connectivity index (χ0) is 16.2. The second-order valence-electron chi connectivity index (χ2n) is 4.77. The van der Waals surface area contributed by atoms with E-state index in [4.69, 9.17) is 16.3 Å². The maximum absolute atomic E-state index is 11.6. The lowest BCUT2D eigenvalue weighted by Crippen LogP contribution is -2.17. The highest BCUT2D eigenvalue weighted by atomic mass is 35.5. The Bertz CT molecular complexity index is 804. The van der Waals surface area contributed by atoms with Crippen LogP contribution in [0, 0.1) is 0 Å². The van der Waals surface area contributed by atoms with Gasteiger partial charge in [0, 0.05) is 16.1 Å². The van der Waals surface area contributed by atoms with E-state index in [1.54, 1.807) is 12.1 Å². The van der Waals surface area contributed by atoms with Crippen molar-refractivity contribution in [1.82, 2.24) is 5.32 Å². The Morgan fingerprint density at radius 1 is 1.09 bits per heavy atom. The number of nitrogens with one attached hydrogen (secondary N) is 1. The summed E-state index contributed by atoms with van der Waals surface area (Å²) in [7, 11) is 0. The van der Waals surface area contributed by atoms with E-state index in [1.807, 2.05) is 42.5 Å². The van der Waals surface area contributed by atoms with Crippen LogP contribution < -0.4 is 10.1 Å². The number of ether oxygens (including phenoxy) is 1. The second kappa shape index (κ2) is 6.89. The van der Waals surface area contributed by atoms with Crippen molar-refractivity contribution in [3.8, 4) is 5.75 Å². The summed E-state index contributed by atoms with van der Waals surface area (Å²) in [6.45, 7) is 0.318. The van der Waals surface area contributed by atoms with Gasteiger partial charge in [-0.15, -0.1) is 0 Å². The predicted molar refractivity (Wildman–Crippen MR) is 91.3 cm³/mol. The number of carbonyl (C=O) groups is 2. The molecule has 1 saturated heterocycles. The third kappa shape index (κ3) is 3.75. The summed E-state index contributed by atoms with van der Waals surface area (Å²) in [5, 5.41) is 2.50. The highest BCUT2D eigenvalue weighted by Crippen LogP contribution is 2.29. The number of hydrogen-bond acceptors (Lipinski definition) is 4. The maximum atomic E-state index is 11.6. The number of carbonyl (C=O) groups excluding carboxylic acids is 2. The standard InChI is InChI=1S/C17H12ClNO3S/c18-13-7-3-1-6-12(13)10-22-14-8-4-2-5-11(14)9-15-16(20)19-17(21)23-15/h1-9H,10H2,(H,19,20,21). The number of hydrogen-bond donors (Lipinski definition) is 1. The summed E-state index contributed by atoms with van der Waals surface area (Å²) >= 11 is 7.00. The second-order valence-corrected chi connectivity index (χ2v) is 6.19. The van der Waals surface area contributed by atoms with E-state index in [1.165, 1.54) is 0 Å². The molecular formula is C17H12ClNO3S. The molecule has 1 heterocycles. The predicted octanol–water partition coefficient (Wildman–Crippen LogP) is 4.24. The molecule has 116 valence electrons. The number of amides is 2. The summed E-state index contributed by atoms with van der Waals surface area (Å²) in [6.07, 6.45) is 1.65. The smallest absolute Gasteiger partial charge is 0.290 e. The molecule has 3 rings (SSSR count). The van der Waals surface area contributed by atoms with E-state index in [0.29, 0.717) is 22.3 Å². The number of rotatable bonds is 4. The Kier molecular flexibility index (Phi) is 4.69. The number of thioether (sulfide) groups is 1. The highest BCUT2D eigenvalue weighted by molar-refractivity contribution is 8.18. The van der Waals surface area contributed by atoms with Crippen molar-refractivity contribution < 1.29 is 14.3 Å². The third-order valence-electron chi connectivity index (χ3n) is 3.19. The fraction of sp³-hybridized carbons (Fsp3) is 0.0588. The first-order valence-electron chi connectivity index (χ1n) is 6.83. The molecule has 0 aliphatic carbocycles. The van der Waals surface area contributed by atoms with Gasteiger partial charge in [0.1, 0.15) is 12.4 Å². The zero-order valence-electron chi connectivity index (χ0n) is 11.9. The molecule has 0 saturated carbocycles. The SMILES string of the molecule is O=C1NC(=O)C(=Cc2ccccc2OCc2ccccc2Cl)S1. The molecule has 2 aromatic rings. The first kappa shape index (κ1) is 15.6. The summed E-state index contributed by atoms with van der Waals surface area (Å²) < 4.78 is 5.82. The van der Waals surface area contributed by atoms with Crippen LogP contribution in [0.2, 0.25) is 5.02 Å².